The summed E-state index contributed by atoms with van der Waals surface area (Å²) in [7, 11) is 1.87. The summed E-state index contributed by atoms with van der Waals surface area (Å²) in [5.74, 6) is 0.205. The summed E-state index contributed by atoms with van der Waals surface area (Å²) in [6.45, 7) is 2.79. The minimum Gasteiger partial charge on any atom is -0.373 e. The van der Waals surface area contributed by atoms with Crippen LogP contribution in [0.2, 0.25) is 0 Å². The van der Waals surface area contributed by atoms with E-state index in [9.17, 15) is 4.79 Å². The fourth-order valence-corrected chi connectivity index (χ4v) is 2.79. The number of rotatable bonds is 2. The molecule has 1 aromatic rings. The van der Waals surface area contributed by atoms with Gasteiger partial charge in [-0.2, -0.15) is 0 Å². The van der Waals surface area contributed by atoms with Gasteiger partial charge in [-0.1, -0.05) is 12.1 Å². The van der Waals surface area contributed by atoms with E-state index >= 15 is 0 Å². The molecule has 2 aliphatic heterocycles. The largest absolute Gasteiger partial charge is 0.373 e. The normalized spacial score (nSPS) is 21.8. The first-order valence-electron chi connectivity index (χ1n) is 6.59. The molecule has 4 nitrogen and oxygen atoms in total. The minimum atomic E-state index is -0.0524. The summed E-state index contributed by atoms with van der Waals surface area (Å²) in [5.41, 5.74) is 3.84. The number of likely N-dealkylation sites (tertiary alicyclic amines) is 1. The van der Waals surface area contributed by atoms with Crippen LogP contribution in [0.1, 0.15) is 17.5 Å². The second kappa shape index (κ2) is 5.80. The van der Waals surface area contributed by atoms with Crippen molar-refractivity contribution < 1.29 is 4.79 Å². The molecule has 104 valence electrons. The lowest BCUT2D eigenvalue weighted by Gasteiger charge is -2.22. The van der Waals surface area contributed by atoms with E-state index in [-0.39, 0.29) is 24.4 Å². The standard InChI is InChI=1S/C14H19N3O.ClH/c1-17-8-6-13(14(17)18)16-12-4-2-3-10-5-7-15-9-11(10)12;/h2-4,13,15-16H,5-9H2,1H3;1H/t13-;/m1./s1. The highest BCUT2D eigenvalue weighted by atomic mass is 35.5. The number of amides is 1. The van der Waals surface area contributed by atoms with Gasteiger partial charge in [0.1, 0.15) is 6.04 Å². The van der Waals surface area contributed by atoms with E-state index in [0.717, 1.165) is 38.2 Å². The summed E-state index contributed by atoms with van der Waals surface area (Å²) >= 11 is 0. The Morgan fingerprint density at radius 2 is 2.26 bits per heavy atom. The maximum absolute atomic E-state index is 11.9. The van der Waals surface area contributed by atoms with Gasteiger partial charge in [-0.25, -0.2) is 0 Å². The molecular formula is C14H20ClN3O. The average Bonchev–Trinajstić information content (AvgIpc) is 2.71. The molecule has 0 spiro atoms. The number of hydrogen-bond acceptors (Lipinski definition) is 3. The lowest BCUT2D eigenvalue weighted by Crippen LogP contribution is -2.32. The number of anilines is 1. The summed E-state index contributed by atoms with van der Waals surface area (Å²) in [6, 6.07) is 6.29. The van der Waals surface area contributed by atoms with Gasteiger partial charge in [0.25, 0.3) is 0 Å². The van der Waals surface area contributed by atoms with Crippen LogP contribution in [0, 0.1) is 0 Å². The highest BCUT2D eigenvalue weighted by Gasteiger charge is 2.29. The molecule has 2 N–H and O–H groups in total. The van der Waals surface area contributed by atoms with Crippen molar-refractivity contribution in [1.29, 1.82) is 0 Å². The highest BCUT2D eigenvalue weighted by Crippen LogP contribution is 2.25. The van der Waals surface area contributed by atoms with E-state index in [1.54, 1.807) is 4.90 Å². The zero-order chi connectivity index (χ0) is 12.5. The van der Waals surface area contributed by atoms with E-state index in [4.69, 9.17) is 0 Å². The molecule has 1 saturated heterocycles. The SMILES string of the molecule is CN1CC[C@@H](Nc2cccc3c2CNCC3)C1=O.Cl. The molecule has 1 atom stereocenters. The quantitative estimate of drug-likeness (QED) is 0.861. The van der Waals surface area contributed by atoms with Gasteiger partial charge in [-0.15, -0.1) is 12.4 Å². The molecule has 19 heavy (non-hydrogen) atoms. The van der Waals surface area contributed by atoms with Crippen molar-refractivity contribution in [3.63, 3.8) is 0 Å². The Morgan fingerprint density at radius 1 is 1.42 bits per heavy atom. The van der Waals surface area contributed by atoms with Gasteiger partial charge < -0.3 is 15.5 Å². The molecule has 0 bridgehead atoms. The van der Waals surface area contributed by atoms with Crippen LogP contribution in [0.5, 0.6) is 0 Å². The molecule has 1 aromatic carbocycles. The third-order valence-electron chi connectivity index (χ3n) is 3.90. The maximum atomic E-state index is 11.9. The van der Waals surface area contributed by atoms with Gasteiger partial charge in [0, 0.05) is 25.8 Å². The van der Waals surface area contributed by atoms with Gasteiger partial charge in [0.2, 0.25) is 5.91 Å². The van der Waals surface area contributed by atoms with Crippen LogP contribution in [0.3, 0.4) is 0 Å². The first-order valence-corrected chi connectivity index (χ1v) is 6.59. The molecule has 3 rings (SSSR count). The van der Waals surface area contributed by atoms with E-state index in [1.165, 1.54) is 11.1 Å². The monoisotopic (exact) mass is 281 g/mol. The molecule has 1 fully saturated rings. The van der Waals surface area contributed by atoms with Crippen LogP contribution in [0.25, 0.3) is 0 Å². The lowest BCUT2D eigenvalue weighted by molar-refractivity contribution is -0.127. The van der Waals surface area contributed by atoms with Crippen LogP contribution in [0.4, 0.5) is 5.69 Å². The maximum Gasteiger partial charge on any atom is 0.244 e. The number of carbonyl (C=O) groups is 1. The van der Waals surface area contributed by atoms with E-state index < -0.39 is 0 Å². The predicted molar refractivity (Wildman–Crippen MR) is 78.8 cm³/mol. The summed E-state index contributed by atoms with van der Waals surface area (Å²) in [4.78, 5) is 13.7. The van der Waals surface area contributed by atoms with Crippen LogP contribution in [-0.4, -0.2) is 37.0 Å². The fourth-order valence-electron chi connectivity index (χ4n) is 2.79. The van der Waals surface area contributed by atoms with Crippen LogP contribution in [0.15, 0.2) is 18.2 Å². The zero-order valence-electron chi connectivity index (χ0n) is 11.1. The average molecular weight is 282 g/mol. The summed E-state index contributed by atoms with van der Waals surface area (Å²) in [6.07, 6.45) is 1.97. The highest BCUT2D eigenvalue weighted by molar-refractivity contribution is 5.86. The van der Waals surface area contributed by atoms with Crippen molar-refractivity contribution in [1.82, 2.24) is 10.2 Å². The Kier molecular flexibility index (Phi) is 4.32. The predicted octanol–water partition coefficient (Wildman–Crippen LogP) is 1.40. The van der Waals surface area contributed by atoms with Crippen molar-refractivity contribution in [3.8, 4) is 0 Å². The van der Waals surface area contributed by atoms with E-state index in [2.05, 4.69) is 28.8 Å². The Labute approximate surface area is 120 Å². The number of nitrogens with one attached hydrogen (secondary N) is 2. The lowest BCUT2D eigenvalue weighted by atomic mass is 9.99. The minimum absolute atomic E-state index is 0. The van der Waals surface area contributed by atoms with Crippen LogP contribution >= 0.6 is 12.4 Å². The Morgan fingerprint density at radius 3 is 3.00 bits per heavy atom. The Balaban J connectivity index is 0.00000133. The zero-order valence-corrected chi connectivity index (χ0v) is 11.9. The summed E-state index contributed by atoms with van der Waals surface area (Å²) < 4.78 is 0. The van der Waals surface area contributed by atoms with Crippen molar-refractivity contribution in [2.75, 3.05) is 25.5 Å². The molecule has 0 unspecified atom stereocenters. The molecule has 0 aromatic heterocycles. The molecule has 0 aliphatic carbocycles. The van der Waals surface area contributed by atoms with Crippen molar-refractivity contribution >= 4 is 24.0 Å². The van der Waals surface area contributed by atoms with Gasteiger partial charge in [-0.05, 0) is 36.6 Å². The number of carbonyl (C=O) groups excluding carboxylic acids is 1. The topological polar surface area (TPSA) is 44.4 Å². The first kappa shape index (κ1) is 14.2. The molecule has 0 radical (unpaired) electrons. The second-order valence-electron chi connectivity index (χ2n) is 5.12. The first-order chi connectivity index (χ1) is 8.75. The van der Waals surface area contributed by atoms with Gasteiger partial charge in [-0.3, -0.25) is 4.79 Å². The smallest absolute Gasteiger partial charge is 0.244 e. The third kappa shape index (κ3) is 2.69. The third-order valence-corrected chi connectivity index (χ3v) is 3.90. The molecule has 2 heterocycles. The number of likely N-dealkylation sites (N-methyl/N-ethyl adjacent to an activating group) is 1. The second-order valence-corrected chi connectivity index (χ2v) is 5.12. The van der Waals surface area contributed by atoms with Gasteiger partial charge in [0.05, 0.1) is 0 Å². The number of hydrogen-bond donors (Lipinski definition) is 2. The Hall–Kier alpha value is -1.26. The number of benzene rings is 1. The van der Waals surface area contributed by atoms with E-state index in [0.29, 0.717) is 0 Å². The molecular weight excluding hydrogens is 262 g/mol. The Bertz CT molecular complexity index is 478. The number of halogens is 1. The van der Waals surface area contributed by atoms with Crippen LogP contribution in [-0.2, 0) is 17.8 Å². The fraction of sp³-hybridized carbons (Fsp3) is 0.500. The number of fused-ring (bicyclic) bond motifs is 1. The van der Waals surface area contributed by atoms with Crippen molar-refractivity contribution in [2.24, 2.45) is 0 Å². The van der Waals surface area contributed by atoms with Crippen molar-refractivity contribution in [2.45, 2.75) is 25.4 Å². The number of nitrogens with zero attached hydrogens (tertiary/aromatic N) is 1. The molecule has 1 amide bonds. The summed E-state index contributed by atoms with van der Waals surface area (Å²) in [5, 5.41) is 6.81. The van der Waals surface area contributed by atoms with E-state index in [1.807, 2.05) is 7.05 Å². The van der Waals surface area contributed by atoms with Gasteiger partial charge >= 0.3 is 0 Å². The van der Waals surface area contributed by atoms with Gasteiger partial charge in [0.15, 0.2) is 0 Å². The van der Waals surface area contributed by atoms with Crippen molar-refractivity contribution in [3.05, 3.63) is 29.3 Å². The molecule has 0 saturated carbocycles. The van der Waals surface area contributed by atoms with Crippen LogP contribution < -0.4 is 10.6 Å². The molecule has 2 aliphatic rings. The molecule has 5 heteroatoms.